The van der Waals surface area contributed by atoms with E-state index in [1.807, 2.05) is 12.1 Å². The molecule has 0 bridgehead atoms. The maximum atomic E-state index is 5.64. The molecule has 0 spiro atoms. The molecular weight excluding hydrogens is 212 g/mol. The molecule has 94 valence electrons. The van der Waals surface area contributed by atoms with Crippen molar-refractivity contribution in [2.24, 2.45) is 5.92 Å². The number of anilines is 2. The van der Waals surface area contributed by atoms with Gasteiger partial charge in [0, 0.05) is 13.6 Å². The molecule has 1 aliphatic rings. The summed E-state index contributed by atoms with van der Waals surface area (Å²) in [7, 11) is 4.30. The first kappa shape index (κ1) is 12.2. The standard InChI is InChI=1S/C13H22N4/c1-16-7-5-11(6-8-16)10-17(2)13-4-3-12(14)9-15-13/h3-4,9,11H,5-8,10,14H2,1-2H3. The number of nitrogens with zero attached hydrogens (tertiary/aromatic N) is 3. The van der Waals surface area contributed by atoms with Crippen molar-refractivity contribution in [2.45, 2.75) is 12.8 Å². The van der Waals surface area contributed by atoms with Gasteiger partial charge in [-0.05, 0) is 51.0 Å². The first-order valence-electron chi connectivity index (χ1n) is 6.26. The molecule has 0 aromatic carbocycles. The molecule has 0 saturated carbocycles. The Labute approximate surface area is 103 Å². The van der Waals surface area contributed by atoms with E-state index < -0.39 is 0 Å². The average Bonchev–Trinajstić information content (AvgIpc) is 2.33. The SMILES string of the molecule is CN1CCC(CN(C)c2ccc(N)cn2)CC1. The van der Waals surface area contributed by atoms with Crippen molar-refractivity contribution < 1.29 is 0 Å². The molecule has 1 aromatic rings. The van der Waals surface area contributed by atoms with Gasteiger partial charge >= 0.3 is 0 Å². The lowest BCUT2D eigenvalue weighted by Crippen LogP contribution is -2.35. The second kappa shape index (κ2) is 5.36. The molecule has 17 heavy (non-hydrogen) atoms. The zero-order chi connectivity index (χ0) is 12.3. The Morgan fingerprint density at radius 2 is 2.12 bits per heavy atom. The van der Waals surface area contributed by atoms with Gasteiger partial charge in [0.2, 0.25) is 0 Å². The Morgan fingerprint density at radius 1 is 1.41 bits per heavy atom. The summed E-state index contributed by atoms with van der Waals surface area (Å²) in [5.41, 5.74) is 6.36. The second-order valence-corrected chi connectivity index (χ2v) is 5.08. The van der Waals surface area contributed by atoms with Gasteiger partial charge in [0.1, 0.15) is 5.82 Å². The van der Waals surface area contributed by atoms with Crippen molar-refractivity contribution in [2.75, 3.05) is 44.4 Å². The molecule has 0 amide bonds. The van der Waals surface area contributed by atoms with E-state index in [-0.39, 0.29) is 0 Å². The highest BCUT2D eigenvalue weighted by Crippen LogP contribution is 2.19. The zero-order valence-electron chi connectivity index (χ0n) is 10.8. The molecule has 1 aliphatic heterocycles. The van der Waals surface area contributed by atoms with Gasteiger partial charge < -0.3 is 15.5 Å². The van der Waals surface area contributed by atoms with Gasteiger partial charge in [-0.3, -0.25) is 0 Å². The summed E-state index contributed by atoms with van der Waals surface area (Å²) < 4.78 is 0. The summed E-state index contributed by atoms with van der Waals surface area (Å²) >= 11 is 0. The van der Waals surface area contributed by atoms with E-state index in [4.69, 9.17) is 5.73 Å². The van der Waals surface area contributed by atoms with Crippen LogP contribution in [-0.2, 0) is 0 Å². The van der Waals surface area contributed by atoms with Crippen LogP contribution >= 0.6 is 0 Å². The van der Waals surface area contributed by atoms with E-state index in [9.17, 15) is 0 Å². The van der Waals surface area contributed by atoms with E-state index in [0.717, 1.165) is 24.0 Å². The third-order valence-electron chi connectivity index (χ3n) is 3.53. The number of likely N-dealkylation sites (tertiary alicyclic amines) is 1. The van der Waals surface area contributed by atoms with E-state index in [1.165, 1.54) is 25.9 Å². The van der Waals surface area contributed by atoms with Crippen LogP contribution in [0.25, 0.3) is 0 Å². The molecule has 0 aliphatic carbocycles. The van der Waals surface area contributed by atoms with Crippen molar-refractivity contribution in [3.63, 3.8) is 0 Å². The number of hydrogen-bond donors (Lipinski definition) is 1. The fourth-order valence-corrected chi connectivity index (χ4v) is 2.35. The number of aromatic nitrogens is 1. The highest BCUT2D eigenvalue weighted by atomic mass is 15.2. The maximum Gasteiger partial charge on any atom is 0.128 e. The van der Waals surface area contributed by atoms with Gasteiger partial charge in [-0.2, -0.15) is 0 Å². The minimum Gasteiger partial charge on any atom is -0.397 e. The van der Waals surface area contributed by atoms with Gasteiger partial charge in [-0.15, -0.1) is 0 Å². The Morgan fingerprint density at radius 3 is 2.71 bits per heavy atom. The molecule has 0 atom stereocenters. The van der Waals surface area contributed by atoms with Crippen LogP contribution in [0.5, 0.6) is 0 Å². The Bertz CT molecular complexity index is 341. The van der Waals surface area contributed by atoms with Crippen molar-refractivity contribution in [1.29, 1.82) is 0 Å². The molecule has 4 heteroatoms. The van der Waals surface area contributed by atoms with E-state index >= 15 is 0 Å². The molecule has 2 heterocycles. The highest BCUT2D eigenvalue weighted by Gasteiger charge is 2.18. The number of hydrogen-bond acceptors (Lipinski definition) is 4. The smallest absolute Gasteiger partial charge is 0.128 e. The van der Waals surface area contributed by atoms with Crippen LogP contribution in [-0.4, -0.2) is 43.6 Å². The molecule has 1 saturated heterocycles. The van der Waals surface area contributed by atoms with Crippen molar-refractivity contribution in [1.82, 2.24) is 9.88 Å². The lowest BCUT2D eigenvalue weighted by molar-refractivity contribution is 0.222. The van der Waals surface area contributed by atoms with Crippen LogP contribution in [0.4, 0.5) is 11.5 Å². The second-order valence-electron chi connectivity index (χ2n) is 5.08. The number of piperidine rings is 1. The third-order valence-corrected chi connectivity index (χ3v) is 3.53. The van der Waals surface area contributed by atoms with Crippen molar-refractivity contribution >= 4 is 11.5 Å². The molecule has 2 N–H and O–H groups in total. The van der Waals surface area contributed by atoms with Gasteiger partial charge in [0.05, 0.1) is 11.9 Å². The van der Waals surface area contributed by atoms with Crippen molar-refractivity contribution in [3.05, 3.63) is 18.3 Å². The number of nitrogens with two attached hydrogens (primary N) is 1. The molecule has 0 unspecified atom stereocenters. The molecule has 2 rings (SSSR count). The lowest BCUT2D eigenvalue weighted by atomic mass is 9.97. The quantitative estimate of drug-likeness (QED) is 0.859. The highest BCUT2D eigenvalue weighted by molar-refractivity contribution is 5.45. The van der Waals surface area contributed by atoms with Crippen LogP contribution in [0.15, 0.2) is 18.3 Å². The fourth-order valence-electron chi connectivity index (χ4n) is 2.35. The number of rotatable bonds is 3. The predicted octanol–water partition coefficient (Wildman–Crippen LogP) is 1.44. The van der Waals surface area contributed by atoms with Gasteiger partial charge in [0.15, 0.2) is 0 Å². The van der Waals surface area contributed by atoms with E-state index in [1.54, 1.807) is 6.20 Å². The van der Waals surface area contributed by atoms with E-state index in [2.05, 4.69) is 28.9 Å². The van der Waals surface area contributed by atoms with Gasteiger partial charge in [-0.1, -0.05) is 0 Å². The summed E-state index contributed by atoms with van der Waals surface area (Å²) in [5, 5.41) is 0. The normalized spacial score (nSPS) is 18.2. The third kappa shape index (κ3) is 3.33. The number of nitrogen functional groups attached to an aromatic ring is 1. The van der Waals surface area contributed by atoms with Crippen LogP contribution in [0.2, 0.25) is 0 Å². The van der Waals surface area contributed by atoms with Gasteiger partial charge in [0.25, 0.3) is 0 Å². The topological polar surface area (TPSA) is 45.4 Å². The Kier molecular flexibility index (Phi) is 3.84. The van der Waals surface area contributed by atoms with E-state index in [0.29, 0.717) is 0 Å². The molecule has 4 nitrogen and oxygen atoms in total. The summed E-state index contributed by atoms with van der Waals surface area (Å²) in [6, 6.07) is 3.90. The Hall–Kier alpha value is -1.29. The predicted molar refractivity (Wildman–Crippen MR) is 72.1 cm³/mol. The summed E-state index contributed by atoms with van der Waals surface area (Å²) in [5.74, 6) is 1.80. The van der Waals surface area contributed by atoms with Crippen molar-refractivity contribution in [3.8, 4) is 0 Å². The van der Waals surface area contributed by atoms with Crippen LogP contribution in [0.1, 0.15) is 12.8 Å². The minimum atomic E-state index is 0.724. The molecular formula is C13H22N4. The maximum absolute atomic E-state index is 5.64. The zero-order valence-corrected chi connectivity index (χ0v) is 10.8. The first-order chi connectivity index (χ1) is 8.15. The summed E-state index contributed by atoms with van der Waals surface area (Å²) in [6.07, 6.45) is 4.30. The van der Waals surface area contributed by atoms with Crippen LogP contribution < -0.4 is 10.6 Å². The summed E-state index contributed by atoms with van der Waals surface area (Å²) in [4.78, 5) is 8.98. The number of pyridine rings is 1. The van der Waals surface area contributed by atoms with Crippen LogP contribution in [0, 0.1) is 5.92 Å². The summed E-state index contributed by atoms with van der Waals surface area (Å²) in [6.45, 7) is 3.52. The molecule has 1 aromatic heterocycles. The molecule has 1 fully saturated rings. The van der Waals surface area contributed by atoms with Crippen LogP contribution in [0.3, 0.4) is 0 Å². The lowest BCUT2D eigenvalue weighted by Gasteiger charge is -2.32. The largest absolute Gasteiger partial charge is 0.397 e. The monoisotopic (exact) mass is 234 g/mol. The fraction of sp³-hybridized carbons (Fsp3) is 0.615. The average molecular weight is 234 g/mol. The Balaban J connectivity index is 1.88. The molecule has 0 radical (unpaired) electrons. The minimum absolute atomic E-state index is 0.724. The van der Waals surface area contributed by atoms with Gasteiger partial charge in [-0.25, -0.2) is 4.98 Å². The first-order valence-corrected chi connectivity index (χ1v) is 6.26.